The van der Waals surface area contributed by atoms with Gasteiger partial charge in [0.25, 0.3) is 0 Å². The van der Waals surface area contributed by atoms with Crippen LogP contribution >= 0.6 is 11.6 Å². The fourth-order valence-corrected chi connectivity index (χ4v) is 3.88. The van der Waals surface area contributed by atoms with Crippen molar-refractivity contribution in [1.82, 2.24) is 0 Å². The Morgan fingerprint density at radius 1 is 1.00 bits per heavy atom. The monoisotopic (exact) mass is 432 g/mol. The van der Waals surface area contributed by atoms with Crippen molar-refractivity contribution in [3.05, 3.63) is 47.5 Å². The molecule has 1 heterocycles. The highest BCUT2D eigenvalue weighted by Crippen LogP contribution is 2.48. The first-order valence-corrected chi connectivity index (χ1v) is 13.0. The van der Waals surface area contributed by atoms with Crippen LogP contribution in [0.4, 0.5) is 0 Å². The van der Waals surface area contributed by atoms with E-state index in [1.165, 1.54) is 0 Å². The third-order valence-electron chi connectivity index (χ3n) is 5.45. The average Bonchev–Trinajstić information content (AvgIpc) is 3.00. The van der Waals surface area contributed by atoms with Crippen molar-refractivity contribution in [2.45, 2.75) is 38.9 Å². The number of hydrogen-bond acceptors (Lipinski definition) is 4. The van der Waals surface area contributed by atoms with Crippen LogP contribution in [-0.2, 0) is 4.74 Å². The van der Waals surface area contributed by atoms with Crippen molar-refractivity contribution in [3.8, 4) is 22.8 Å². The molecule has 0 atom stereocenters. The molecule has 0 aliphatic carbocycles. The first kappa shape index (κ1) is 21.7. The summed E-state index contributed by atoms with van der Waals surface area (Å²) >= 11 is 6.09. The molecule has 6 heteroatoms. The molecule has 0 fully saturated rings. The molecule has 0 unspecified atom stereocenters. The highest BCUT2D eigenvalue weighted by molar-refractivity contribution is 6.74. The van der Waals surface area contributed by atoms with E-state index in [0.717, 1.165) is 28.0 Å². The molecule has 1 aromatic heterocycles. The number of furan rings is 1. The van der Waals surface area contributed by atoms with Crippen molar-refractivity contribution in [3.63, 3.8) is 0 Å². The van der Waals surface area contributed by atoms with Crippen molar-refractivity contribution in [2.75, 3.05) is 20.3 Å². The molecular formula is C23H29ClO4Si-. The van der Waals surface area contributed by atoms with E-state index in [9.17, 15) is 0 Å². The lowest BCUT2D eigenvalue weighted by atomic mass is 10.1. The topological polar surface area (TPSA) is 40.8 Å². The van der Waals surface area contributed by atoms with E-state index in [1.54, 1.807) is 7.11 Å². The van der Waals surface area contributed by atoms with Crippen LogP contribution in [0.2, 0.25) is 23.2 Å². The van der Waals surface area contributed by atoms with Crippen LogP contribution in [0.1, 0.15) is 20.8 Å². The van der Waals surface area contributed by atoms with E-state index in [4.69, 9.17) is 29.9 Å². The van der Waals surface area contributed by atoms with Gasteiger partial charge in [0.15, 0.2) is 5.76 Å². The number of fused-ring (bicyclic) bond motifs is 1. The fraction of sp³-hybridized carbons (Fsp3) is 0.391. The van der Waals surface area contributed by atoms with Gasteiger partial charge in [0, 0.05) is 26.0 Å². The quantitative estimate of drug-likeness (QED) is 0.293. The van der Waals surface area contributed by atoms with Crippen LogP contribution in [0, 0.1) is 0 Å². The molecular weight excluding hydrogens is 404 g/mol. The molecule has 4 nitrogen and oxygen atoms in total. The van der Waals surface area contributed by atoms with Crippen LogP contribution in [0.5, 0.6) is 11.5 Å². The Labute approximate surface area is 178 Å². The van der Waals surface area contributed by atoms with Gasteiger partial charge in [-0.1, -0.05) is 38.4 Å². The zero-order chi connectivity index (χ0) is 21.2. The molecule has 0 saturated heterocycles. The predicted octanol–water partition coefficient (Wildman–Crippen LogP) is 7.16. The fourth-order valence-electron chi connectivity index (χ4n) is 2.74. The van der Waals surface area contributed by atoms with E-state index in [2.05, 4.69) is 33.9 Å². The first-order chi connectivity index (χ1) is 13.6. The molecule has 0 N–H and O–H groups in total. The van der Waals surface area contributed by atoms with Crippen molar-refractivity contribution in [2.24, 2.45) is 0 Å². The van der Waals surface area contributed by atoms with Crippen LogP contribution in [0.25, 0.3) is 22.3 Å². The molecule has 0 aliphatic rings. The number of ether oxygens (including phenoxy) is 2. The summed E-state index contributed by atoms with van der Waals surface area (Å²) < 4.78 is 24.2. The van der Waals surface area contributed by atoms with E-state index >= 15 is 0 Å². The maximum Gasteiger partial charge on any atom is 0.173 e. The molecule has 0 amide bonds. The Kier molecular flexibility index (Phi) is 6.32. The summed E-state index contributed by atoms with van der Waals surface area (Å²) in [4.78, 5) is 0. The summed E-state index contributed by atoms with van der Waals surface area (Å²) in [5.74, 6) is 2.17. The third kappa shape index (κ3) is 4.63. The van der Waals surface area contributed by atoms with Crippen LogP contribution in [0.3, 0.4) is 0 Å². The van der Waals surface area contributed by atoms with Gasteiger partial charge in [0.05, 0.1) is 6.61 Å². The standard InChI is InChI=1S/C23H29ClO4Si/c1-23(2,3)29(5,6)28-22-20-18(26-15-14-25-4)8-7-9-19(20)27-21(22)16-10-12-17(24)13-11-16/h7-13H,14-15H2,1-6H3/q-1. The van der Waals surface area contributed by atoms with Gasteiger partial charge in [0.1, 0.15) is 29.1 Å². The minimum Gasteiger partial charge on any atom is -0.686 e. The van der Waals surface area contributed by atoms with Crippen LogP contribution in [0.15, 0.2) is 46.9 Å². The Hall–Kier alpha value is -1.95. The number of rotatable bonds is 7. The summed E-state index contributed by atoms with van der Waals surface area (Å²) in [7, 11) is -0.470. The second-order valence-electron chi connectivity index (χ2n) is 8.60. The zero-order valence-electron chi connectivity index (χ0n) is 18.0. The number of hydrogen-bond donors (Lipinski definition) is 0. The van der Waals surface area contributed by atoms with Gasteiger partial charge in [-0.05, 0) is 36.4 Å². The Bertz CT molecular complexity index is 971. The minimum atomic E-state index is -2.13. The number of methoxy groups -OCH3 is 1. The van der Waals surface area contributed by atoms with Crippen LogP contribution < -0.4 is 9.16 Å². The summed E-state index contributed by atoms with van der Waals surface area (Å²) in [5, 5.41) is 1.58. The van der Waals surface area contributed by atoms with Crippen molar-refractivity contribution >= 4 is 30.9 Å². The lowest BCUT2D eigenvalue weighted by Gasteiger charge is -2.48. The van der Waals surface area contributed by atoms with Gasteiger partial charge in [-0.25, -0.2) is 0 Å². The Morgan fingerprint density at radius 3 is 2.31 bits per heavy atom. The minimum absolute atomic E-state index is 0.0414. The highest BCUT2D eigenvalue weighted by Gasteiger charge is 2.30. The molecule has 29 heavy (non-hydrogen) atoms. The molecule has 3 rings (SSSR count). The number of halogens is 1. The van der Waals surface area contributed by atoms with Gasteiger partial charge in [0.2, 0.25) is 0 Å². The molecule has 0 bridgehead atoms. The third-order valence-corrected chi connectivity index (χ3v) is 10.0. The molecule has 2 aromatic carbocycles. The van der Waals surface area contributed by atoms with Crippen LogP contribution in [-0.4, -0.2) is 28.6 Å². The van der Waals surface area contributed by atoms with Crippen molar-refractivity contribution < 1.29 is 18.3 Å². The lowest BCUT2D eigenvalue weighted by Crippen LogP contribution is -2.43. The normalized spacial score (nSPS) is 12.4. The van der Waals surface area contributed by atoms with Gasteiger partial charge in [-0.2, -0.15) is 0 Å². The molecule has 0 saturated carbocycles. The Morgan fingerprint density at radius 2 is 1.69 bits per heavy atom. The lowest BCUT2D eigenvalue weighted by molar-refractivity contribution is 0.147. The van der Waals surface area contributed by atoms with E-state index < -0.39 is 8.32 Å². The zero-order valence-corrected chi connectivity index (χ0v) is 19.7. The van der Waals surface area contributed by atoms with E-state index in [1.807, 2.05) is 42.5 Å². The maximum atomic E-state index is 6.78. The molecule has 0 radical (unpaired) electrons. The summed E-state index contributed by atoms with van der Waals surface area (Å²) in [6.45, 7) is 12.1. The average molecular weight is 433 g/mol. The molecule has 0 spiro atoms. The molecule has 157 valence electrons. The summed E-state index contributed by atoms with van der Waals surface area (Å²) in [6.07, 6.45) is 0. The first-order valence-electron chi connectivity index (χ1n) is 9.76. The second kappa shape index (κ2) is 8.42. The van der Waals surface area contributed by atoms with Gasteiger partial charge >= 0.3 is 0 Å². The highest BCUT2D eigenvalue weighted by atomic mass is 35.5. The second-order valence-corrected chi connectivity index (χ2v) is 13.8. The summed E-state index contributed by atoms with van der Waals surface area (Å²) in [5.41, 5.74) is 1.65. The number of benzene rings is 2. The largest absolute Gasteiger partial charge is 0.686 e. The smallest absolute Gasteiger partial charge is 0.173 e. The molecule has 3 aromatic rings. The maximum absolute atomic E-state index is 6.78. The van der Waals surface area contributed by atoms with Crippen molar-refractivity contribution in [1.29, 1.82) is 0 Å². The predicted molar refractivity (Wildman–Crippen MR) is 122 cm³/mol. The van der Waals surface area contributed by atoms with E-state index in [-0.39, 0.29) is 5.04 Å². The molecule has 0 aliphatic heterocycles. The Balaban J connectivity index is 2.19. The summed E-state index contributed by atoms with van der Waals surface area (Å²) in [6, 6.07) is 13.4. The SMILES string of the molecule is COCCOc1cccc2oc(-c3ccc(Cl)cc3)c(O[Si-](C)(C)C(C)(C)C)c12. The van der Waals surface area contributed by atoms with Gasteiger partial charge in [-0.3, -0.25) is 0 Å². The van der Waals surface area contributed by atoms with E-state index in [0.29, 0.717) is 24.0 Å². The van der Waals surface area contributed by atoms with Gasteiger partial charge in [-0.15, -0.1) is 18.1 Å². The van der Waals surface area contributed by atoms with Gasteiger partial charge < -0.3 is 18.3 Å².